The fraction of sp³-hybridized carbons (Fsp3) is 0.375. The van der Waals surface area contributed by atoms with Crippen LogP contribution in [0, 0.1) is 0 Å². The molecule has 10 nitrogen and oxygen atoms in total. The Morgan fingerprint density at radius 1 is 0.794 bits per heavy atom. The number of amides is 2. The minimum Gasteiger partial charge on any atom is -0.457 e. The maximum Gasteiger partial charge on any atom is 0.407 e. The van der Waals surface area contributed by atoms with E-state index in [9.17, 15) is 24.6 Å². The monoisotopic (exact) mass is 472 g/mol. The molecule has 1 saturated carbocycles. The van der Waals surface area contributed by atoms with Gasteiger partial charge in [0.25, 0.3) is 0 Å². The van der Waals surface area contributed by atoms with Gasteiger partial charge in [0.1, 0.15) is 25.4 Å². The Hall–Kier alpha value is -3.63. The van der Waals surface area contributed by atoms with Gasteiger partial charge in [-0.3, -0.25) is 4.79 Å². The first-order chi connectivity index (χ1) is 16.3. The SMILES string of the molecule is CC(=O)O[C@H]1[C@@H](O)[C@@H](O)[C@@H](NC(=O)OCc2ccccc2)C[C@H]1NC(=O)OCc1ccccc1. The van der Waals surface area contributed by atoms with Gasteiger partial charge in [0.2, 0.25) is 0 Å². The zero-order chi connectivity index (χ0) is 24.5. The molecule has 10 heteroatoms. The van der Waals surface area contributed by atoms with E-state index >= 15 is 0 Å². The van der Waals surface area contributed by atoms with E-state index in [1.165, 1.54) is 0 Å². The molecule has 0 unspecified atom stereocenters. The van der Waals surface area contributed by atoms with Gasteiger partial charge in [-0.2, -0.15) is 0 Å². The Morgan fingerprint density at radius 2 is 1.26 bits per heavy atom. The van der Waals surface area contributed by atoms with Crippen LogP contribution in [0.1, 0.15) is 24.5 Å². The summed E-state index contributed by atoms with van der Waals surface area (Å²) in [5, 5.41) is 26.1. The molecule has 0 aliphatic heterocycles. The van der Waals surface area contributed by atoms with Gasteiger partial charge in [-0.25, -0.2) is 9.59 Å². The maximum absolute atomic E-state index is 12.4. The van der Waals surface area contributed by atoms with E-state index in [4.69, 9.17) is 14.2 Å². The number of nitrogens with one attached hydrogen (secondary N) is 2. The van der Waals surface area contributed by atoms with Crippen LogP contribution in [0.15, 0.2) is 60.7 Å². The molecule has 182 valence electrons. The van der Waals surface area contributed by atoms with Crippen molar-refractivity contribution in [1.82, 2.24) is 10.6 Å². The first kappa shape index (κ1) is 25.0. The summed E-state index contributed by atoms with van der Waals surface area (Å²) in [6.07, 6.45) is -5.94. The van der Waals surface area contributed by atoms with Crippen LogP contribution in [0.25, 0.3) is 0 Å². The van der Waals surface area contributed by atoms with Crippen LogP contribution in [-0.4, -0.2) is 58.8 Å². The molecule has 0 saturated heterocycles. The molecule has 2 amide bonds. The lowest BCUT2D eigenvalue weighted by Crippen LogP contribution is -2.65. The van der Waals surface area contributed by atoms with Crippen molar-refractivity contribution in [1.29, 1.82) is 0 Å². The number of esters is 1. The summed E-state index contributed by atoms with van der Waals surface area (Å²) in [6.45, 7) is 1.17. The molecule has 3 rings (SSSR count). The van der Waals surface area contributed by atoms with Crippen molar-refractivity contribution in [2.75, 3.05) is 0 Å². The summed E-state index contributed by atoms with van der Waals surface area (Å²) in [5.41, 5.74) is 1.55. The van der Waals surface area contributed by atoms with Gasteiger partial charge in [-0.1, -0.05) is 60.7 Å². The fourth-order valence-electron chi connectivity index (χ4n) is 3.68. The van der Waals surface area contributed by atoms with E-state index in [1.807, 2.05) is 12.1 Å². The molecular formula is C24H28N2O8. The molecule has 0 spiro atoms. The average molecular weight is 472 g/mol. The summed E-state index contributed by atoms with van der Waals surface area (Å²) in [6, 6.07) is 16.1. The third-order valence-electron chi connectivity index (χ3n) is 5.34. The van der Waals surface area contributed by atoms with Crippen LogP contribution in [-0.2, 0) is 32.2 Å². The molecule has 2 aromatic rings. The van der Waals surface area contributed by atoms with Crippen LogP contribution in [0.3, 0.4) is 0 Å². The molecule has 0 radical (unpaired) electrons. The third-order valence-corrected chi connectivity index (χ3v) is 5.34. The van der Waals surface area contributed by atoms with Crippen LogP contribution < -0.4 is 10.6 Å². The molecule has 2 aromatic carbocycles. The van der Waals surface area contributed by atoms with E-state index in [-0.39, 0.29) is 19.6 Å². The third kappa shape index (κ3) is 7.19. The first-order valence-electron chi connectivity index (χ1n) is 10.8. The first-order valence-corrected chi connectivity index (χ1v) is 10.8. The second-order valence-corrected chi connectivity index (χ2v) is 7.92. The number of carbonyl (C=O) groups excluding carboxylic acids is 3. The predicted octanol–water partition coefficient (Wildman–Crippen LogP) is 1.63. The molecule has 0 aromatic heterocycles. The summed E-state index contributed by atoms with van der Waals surface area (Å²) in [4.78, 5) is 36.2. The number of ether oxygens (including phenoxy) is 3. The highest BCUT2D eigenvalue weighted by Gasteiger charge is 2.46. The zero-order valence-electron chi connectivity index (χ0n) is 18.6. The lowest BCUT2D eigenvalue weighted by molar-refractivity contribution is -0.168. The Balaban J connectivity index is 1.61. The second kappa shape index (κ2) is 12.0. The van der Waals surface area contributed by atoms with Crippen molar-refractivity contribution in [2.24, 2.45) is 0 Å². The molecule has 4 N–H and O–H groups in total. The molecular weight excluding hydrogens is 444 g/mol. The maximum atomic E-state index is 12.4. The van der Waals surface area contributed by atoms with Crippen molar-refractivity contribution in [3.05, 3.63) is 71.8 Å². The number of aliphatic hydroxyl groups excluding tert-OH is 2. The molecule has 0 bridgehead atoms. The Morgan fingerprint density at radius 3 is 1.74 bits per heavy atom. The number of alkyl carbamates (subject to hydrolysis) is 2. The molecule has 34 heavy (non-hydrogen) atoms. The number of benzene rings is 2. The highest BCUT2D eigenvalue weighted by molar-refractivity contribution is 5.69. The van der Waals surface area contributed by atoms with Gasteiger partial charge in [-0.05, 0) is 17.5 Å². The molecule has 1 aliphatic rings. The zero-order valence-corrected chi connectivity index (χ0v) is 18.6. The number of hydrogen-bond donors (Lipinski definition) is 4. The molecule has 1 fully saturated rings. The topological polar surface area (TPSA) is 143 Å². The van der Waals surface area contributed by atoms with E-state index in [1.54, 1.807) is 48.5 Å². The standard InChI is InChI=1S/C24H28N2O8/c1-15(27)34-22-19(26-24(31)33-14-17-10-6-3-7-11-17)12-18(20(28)21(22)29)25-23(30)32-13-16-8-4-2-5-9-16/h2-11,18-22,28-29H,12-14H2,1H3,(H,25,30)(H,26,31)/t18-,19+,20-,21-,22+/m0/s1. The summed E-state index contributed by atoms with van der Waals surface area (Å²) in [5.74, 6) is -0.700. The lowest BCUT2D eigenvalue weighted by Gasteiger charge is -2.42. The molecule has 5 atom stereocenters. The number of carbonyl (C=O) groups is 3. The van der Waals surface area contributed by atoms with Crippen LogP contribution in [0.4, 0.5) is 9.59 Å². The van der Waals surface area contributed by atoms with Gasteiger partial charge in [0.05, 0.1) is 12.1 Å². The highest BCUT2D eigenvalue weighted by Crippen LogP contribution is 2.24. The van der Waals surface area contributed by atoms with Gasteiger partial charge in [0, 0.05) is 6.92 Å². The van der Waals surface area contributed by atoms with E-state index < -0.39 is 48.6 Å². The number of aliphatic hydroxyl groups is 2. The van der Waals surface area contributed by atoms with Crippen molar-refractivity contribution in [3.63, 3.8) is 0 Å². The average Bonchev–Trinajstić information content (AvgIpc) is 2.83. The van der Waals surface area contributed by atoms with E-state index in [2.05, 4.69) is 10.6 Å². The number of hydrogen-bond acceptors (Lipinski definition) is 8. The van der Waals surface area contributed by atoms with Gasteiger partial charge in [-0.15, -0.1) is 0 Å². The van der Waals surface area contributed by atoms with Gasteiger partial charge in [0.15, 0.2) is 6.10 Å². The molecule has 1 aliphatic carbocycles. The fourth-order valence-corrected chi connectivity index (χ4v) is 3.68. The number of rotatable bonds is 7. The summed E-state index contributed by atoms with van der Waals surface area (Å²) in [7, 11) is 0. The Labute approximate surface area is 196 Å². The van der Waals surface area contributed by atoms with Gasteiger partial charge < -0.3 is 35.1 Å². The Kier molecular flexibility index (Phi) is 8.83. The van der Waals surface area contributed by atoms with Crippen molar-refractivity contribution in [2.45, 2.75) is 57.0 Å². The summed E-state index contributed by atoms with van der Waals surface area (Å²) >= 11 is 0. The van der Waals surface area contributed by atoms with Crippen LogP contribution in [0.2, 0.25) is 0 Å². The van der Waals surface area contributed by atoms with Crippen LogP contribution >= 0.6 is 0 Å². The van der Waals surface area contributed by atoms with E-state index in [0.717, 1.165) is 18.1 Å². The predicted molar refractivity (Wildman–Crippen MR) is 119 cm³/mol. The van der Waals surface area contributed by atoms with Gasteiger partial charge >= 0.3 is 18.2 Å². The minimum absolute atomic E-state index is 0.0102. The smallest absolute Gasteiger partial charge is 0.407 e. The second-order valence-electron chi connectivity index (χ2n) is 7.92. The highest BCUT2D eigenvalue weighted by atomic mass is 16.6. The van der Waals surface area contributed by atoms with Crippen LogP contribution in [0.5, 0.6) is 0 Å². The van der Waals surface area contributed by atoms with E-state index in [0.29, 0.717) is 0 Å². The normalized spacial score (nSPS) is 23.9. The Bertz CT molecular complexity index is 956. The summed E-state index contributed by atoms with van der Waals surface area (Å²) < 4.78 is 15.5. The van der Waals surface area contributed by atoms with Crippen molar-refractivity contribution in [3.8, 4) is 0 Å². The largest absolute Gasteiger partial charge is 0.457 e. The quantitative estimate of drug-likeness (QED) is 0.352. The molecule has 0 heterocycles. The lowest BCUT2D eigenvalue weighted by atomic mass is 9.83. The minimum atomic E-state index is -1.57. The van der Waals surface area contributed by atoms with Crippen molar-refractivity contribution < 1.29 is 38.8 Å². The van der Waals surface area contributed by atoms with Crippen molar-refractivity contribution >= 4 is 18.2 Å².